The average Bonchev–Trinajstić information content (AvgIpc) is 3.56. The Morgan fingerprint density at radius 1 is 1.11 bits per heavy atom. The van der Waals surface area contributed by atoms with E-state index in [1.807, 2.05) is 33.8 Å². The molecule has 5 atom stereocenters. The summed E-state index contributed by atoms with van der Waals surface area (Å²) >= 11 is 1.55. The van der Waals surface area contributed by atoms with Gasteiger partial charge in [0.05, 0.1) is 17.4 Å². The molecule has 2 saturated carbocycles. The highest BCUT2D eigenvalue weighted by Crippen LogP contribution is 2.35. The normalized spacial score (nSPS) is 27.8. The van der Waals surface area contributed by atoms with Gasteiger partial charge in [-0.1, -0.05) is 30.0 Å². The molecule has 2 unspecified atom stereocenters. The fraction of sp³-hybridized carbons (Fsp3) is 0.625. The molecule has 5 rings (SSSR count). The van der Waals surface area contributed by atoms with Crippen LogP contribution in [0.15, 0.2) is 35.6 Å². The van der Waals surface area contributed by atoms with Crippen molar-refractivity contribution >= 4 is 40.5 Å². The molecule has 2 fully saturated rings. The van der Waals surface area contributed by atoms with Crippen molar-refractivity contribution < 1.29 is 28.6 Å². The van der Waals surface area contributed by atoms with E-state index in [1.54, 1.807) is 24.2 Å². The lowest BCUT2D eigenvalue weighted by Crippen LogP contribution is -2.52. The third-order valence-electron chi connectivity index (χ3n) is 8.05. The molecule has 12 nitrogen and oxygen atoms in total. The number of alkyl carbamates (subject to hydrolysis) is 1. The molecule has 0 saturated heterocycles. The van der Waals surface area contributed by atoms with Crippen LogP contribution < -0.4 is 16.0 Å². The number of amidine groups is 1. The Kier molecular flexibility index (Phi) is 10.6. The predicted molar refractivity (Wildman–Crippen MR) is 171 cm³/mol. The highest BCUT2D eigenvalue weighted by molar-refractivity contribution is 8.14. The zero-order chi connectivity index (χ0) is 32.1. The second-order valence-electron chi connectivity index (χ2n) is 13.1. The molecule has 3 aliphatic carbocycles. The number of thioether (sulfide) groups is 1. The topological polar surface area (TPSA) is 153 Å². The summed E-state index contributed by atoms with van der Waals surface area (Å²) < 4.78 is 16.6. The molecule has 0 radical (unpaired) electrons. The van der Waals surface area contributed by atoms with Crippen molar-refractivity contribution in [3.8, 4) is 0 Å². The first-order chi connectivity index (χ1) is 21.4. The first kappa shape index (κ1) is 33.1. The molecule has 45 heavy (non-hydrogen) atoms. The Labute approximate surface area is 268 Å². The number of aliphatic imine (C=N–C) groups is 1. The van der Waals surface area contributed by atoms with Gasteiger partial charge in [0.2, 0.25) is 5.91 Å². The minimum Gasteiger partial charge on any atom is -0.460 e. The fourth-order valence-electron chi connectivity index (χ4n) is 5.79. The van der Waals surface area contributed by atoms with Gasteiger partial charge in [0.1, 0.15) is 18.3 Å². The average molecular weight is 641 g/mol. The van der Waals surface area contributed by atoms with E-state index in [-0.39, 0.29) is 60.0 Å². The highest BCUT2D eigenvalue weighted by Gasteiger charge is 2.37. The van der Waals surface area contributed by atoms with Crippen LogP contribution in [0.4, 0.5) is 4.79 Å². The van der Waals surface area contributed by atoms with Gasteiger partial charge < -0.3 is 30.2 Å². The summed E-state index contributed by atoms with van der Waals surface area (Å²) in [7, 11) is 0. The Morgan fingerprint density at radius 3 is 2.56 bits per heavy atom. The van der Waals surface area contributed by atoms with Crippen LogP contribution >= 0.6 is 11.8 Å². The van der Waals surface area contributed by atoms with Gasteiger partial charge in [0.15, 0.2) is 11.0 Å². The summed E-state index contributed by atoms with van der Waals surface area (Å²) in [5, 5.41) is 10.0. The lowest BCUT2D eigenvalue weighted by Gasteiger charge is -2.36. The van der Waals surface area contributed by atoms with E-state index in [1.165, 1.54) is 6.92 Å². The second-order valence-corrected chi connectivity index (χ2v) is 14.3. The van der Waals surface area contributed by atoms with E-state index in [9.17, 15) is 14.4 Å². The number of allylic oxidation sites excluding steroid dienone is 2. The Bertz CT molecular complexity index is 1340. The number of amides is 2. The van der Waals surface area contributed by atoms with Crippen LogP contribution in [0.2, 0.25) is 0 Å². The molecule has 0 bridgehead atoms. The standard InChI is InChI=1S/C32H44N6O6S/c1-18(14-35-31(41)44-32(3,4)5)36-23-11-21(12-23)29(40)38-30-37-24-10-9-20(13-27(24)45-30)22-15-33-28(34-16-22)17-42-25-7-6-8-26(25)43-19(2)39/h9-10,13,15-16,18,21,23-27,36H,6-8,11-12,14,17H2,1-5H3,(H,35,41)(H,37,38,40)/t18-,21?,23?,24?,25-,26-,27?/m0/s1. The van der Waals surface area contributed by atoms with Crippen molar-refractivity contribution in [3.05, 3.63) is 42.0 Å². The molecule has 4 aliphatic rings. The Morgan fingerprint density at radius 2 is 1.84 bits per heavy atom. The molecule has 1 aliphatic heterocycles. The van der Waals surface area contributed by atoms with Crippen LogP contribution in [0, 0.1) is 5.92 Å². The summed E-state index contributed by atoms with van der Waals surface area (Å²) in [5.41, 5.74) is 1.37. The van der Waals surface area contributed by atoms with Gasteiger partial charge in [-0.2, -0.15) is 0 Å². The molecular formula is C32H44N6O6S. The monoisotopic (exact) mass is 640 g/mol. The van der Waals surface area contributed by atoms with Crippen molar-refractivity contribution in [1.29, 1.82) is 0 Å². The van der Waals surface area contributed by atoms with E-state index in [0.717, 1.165) is 43.2 Å². The summed E-state index contributed by atoms with van der Waals surface area (Å²) in [6.45, 7) is 9.63. The summed E-state index contributed by atoms with van der Waals surface area (Å²) in [6, 6.07) is 0.254. The van der Waals surface area contributed by atoms with E-state index in [0.29, 0.717) is 17.5 Å². The number of aromatic nitrogens is 2. The summed E-state index contributed by atoms with van der Waals surface area (Å²) in [6.07, 6.45) is 13.2. The minimum absolute atomic E-state index is 0.00588. The zero-order valence-corrected chi connectivity index (χ0v) is 27.4. The van der Waals surface area contributed by atoms with Gasteiger partial charge in [0, 0.05) is 49.4 Å². The van der Waals surface area contributed by atoms with Gasteiger partial charge in [0.25, 0.3) is 0 Å². The van der Waals surface area contributed by atoms with E-state index in [2.05, 4.69) is 38.1 Å². The van der Waals surface area contributed by atoms with Crippen molar-refractivity contribution in [3.63, 3.8) is 0 Å². The molecule has 2 amide bonds. The van der Waals surface area contributed by atoms with Gasteiger partial charge in [-0.15, -0.1) is 0 Å². The molecule has 244 valence electrons. The maximum atomic E-state index is 12.9. The second kappa shape index (κ2) is 14.4. The largest absolute Gasteiger partial charge is 0.460 e. The zero-order valence-electron chi connectivity index (χ0n) is 26.6. The molecule has 0 aromatic carbocycles. The van der Waals surface area contributed by atoms with Crippen molar-refractivity contribution in [2.24, 2.45) is 10.9 Å². The molecule has 0 spiro atoms. The molecule has 3 N–H and O–H groups in total. The smallest absolute Gasteiger partial charge is 0.407 e. The van der Waals surface area contributed by atoms with Gasteiger partial charge >= 0.3 is 12.1 Å². The SMILES string of the molecule is CC(=O)O[C@H]1CCC[C@@H]1OCc1ncc(C2=CC3SC(NC(=O)C4CC(N[C@@H](C)CNC(=O)OC(C)(C)C)C4)=NC3C=C2)cn1. The van der Waals surface area contributed by atoms with Crippen molar-refractivity contribution in [1.82, 2.24) is 25.9 Å². The number of fused-ring (bicyclic) bond motifs is 1. The highest BCUT2D eigenvalue weighted by atomic mass is 32.2. The molecule has 13 heteroatoms. The quantitative estimate of drug-likeness (QED) is 0.323. The van der Waals surface area contributed by atoms with Gasteiger partial charge in [-0.25, -0.2) is 14.8 Å². The Balaban J connectivity index is 1.02. The number of carbonyl (C=O) groups excluding carboxylic acids is 3. The molecule has 1 aromatic heterocycles. The summed E-state index contributed by atoms with van der Waals surface area (Å²) in [5.74, 6) is 0.218. The van der Waals surface area contributed by atoms with Crippen molar-refractivity contribution in [2.45, 2.75) is 115 Å². The van der Waals surface area contributed by atoms with Crippen molar-refractivity contribution in [2.75, 3.05) is 6.54 Å². The molecule has 1 aromatic rings. The lowest BCUT2D eigenvalue weighted by molar-refractivity contribution is -0.153. The maximum absolute atomic E-state index is 12.9. The van der Waals surface area contributed by atoms with Gasteiger partial charge in [-0.3, -0.25) is 14.6 Å². The lowest BCUT2D eigenvalue weighted by atomic mass is 9.79. The Hall–Kier alpha value is -3.29. The van der Waals surface area contributed by atoms with Gasteiger partial charge in [-0.05, 0) is 65.4 Å². The number of hydrogen-bond acceptors (Lipinski definition) is 11. The number of ether oxygens (including phenoxy) is 3. The van der Waals surface area contributed by atoms with E-state index >= 15 is 0 Å². The summed E-state index contributed by atoms with van der Waals surface area (Å²) in [4.78, 5) is 49.8. The van der Waals surface area contributed by atoms with E-state index < -0.39 is 11.7 Å². The first-order valence-electron chi connectivity index (χ1n) is 15.7. The number of rotatable bonds is 10. The van der Waals surface area contributed by atoms with E-state index in [4.69, 9.17) is 19.2 Å². The number of carbonyl (C=O) groups is 3. The fourth-order valence-corrected chi connectivity index (χ4v) is 6.90. The number of esters is 1. The predicted octanol–water partition coefficient (Wildman–Crippen LogP) is 3.67. The van der Waals surface area contributed by atoms with Crippen LogP contribution in [-0.2, 0) is 30.4 Å². The van der Waals surface area contributed by atoms with Crippen LogP contribution in [0.3, 0.4) is 0 Å². The number of nitrogens with zero attached hydrogens (tertiary/aromatic N) is 3. The first-order valence-corrected chi connectivity index (χ1v) is 16.6. The number of nitrogens with one attached hydrogen (secondary N) is 3. The molecule has 2 heterocycles. The molecular weight excluding hydrogens is 596 g/mol. The third kappa shape index (κ3) is 9.36. The third-order valence-corrected chi connectivity index (χ3v) is 9.17. The van der Waals surface area contributed by atoms with Crippen LogP contribution in [0.5, 0.6) is 0 Å². The van der Waals surface area contributed by atoms with Crippen LogP contribution in [0.1, 0.15) is 78.1 Å². The minimum atomic E-state index is -0.531. The van der Waals surface area contributed by atoms with Crippen LogP contribution in [0.25, 0.3) is 5.57 Å². The number of hydrogen-bond donors (Lipinski definition) is 3. The van der Waals surface area contributed by atoms with Crippen LogP contribution in [-0.4, -0.2) is 80.8 Å². The maximum Gasteiger partial charge on any atom is 0.407 e.